The average Bonchev–Trinajstić information content (AvgIpc) is 3.09. The smallest absolute Gasteiger partial charge is 0.387 e. The van der Waals surface area contributed by atoms with Gasteiger partial charge in [-0.25, -0.2) is 4.98 Å². The topological polar surface area (TPSA) is 60.5 Å². The number of amides is 1. The minimum absolute atomic E-state index is 0.0155. The van der Waals surface area contributed by atoms with Crippen molar-refractivity contribution in [2.45, 2.75) is 6.61 Å². The Labute approximate surface area is 162 Å². The van der Waals surface area contributed by atoms with E-state index in [2.05, 4.69) is 15.0 Å². The molecule has 9 heteroatoms. The Balaban J connectivity index is 1.62. The van der Waals surface area contributed by atoms with Gasteiger partial charge in [0.05, 0.1) is 5.69 Å². The molecule has 0 aliphatic heterocycles. The Morgan fingerprint density at radius 2 is 1.93 bits per heavy atom. The van der Waals surface area contributed by atoms with Crippen LogP contribution in [0.25, 0.3) is 11.3 Å². The third-order valence-electron chi connectivity index (χ3n) is 3.31. The van der Waals surface area contributed by atoms with Gasteiger partial charge in [0.2, 0.25) is 0 Å². The molecule has 0 radical (unpaired) electrons. The summed E-state index contributed by atoms with van der Waals surface area (Å²) in [5, 5.41) is 5.13. The van der Waals surface area contributed by atoms with Gasteiger partial charge in [0.15, 0.2) is 11.7 Å². The standard InChI is InChI=1S/C18H13ClF2N2O3S/c19-11-5-7-12(8-6-11)25-9-16(24)23-18-22-14(10-27-18)13-3-1-2-4-15(13)26-17(20)21/h1-8,10,17H,9H2,(H,22,23,24). The Kier molecular flexibility index (Phi) is 6.20. The highest BCUT2D eigenvalue weighted by atomic mass is 35.5. The Morgan fingerprint density at radius 3 is 2.67 bits per heavy atom. The number of rotatable bonds is 7. The van der Waals surface area contributed by atoms with Gasteiger partial charge in [-0.2, -0.15) is 8.78 Å². The van der Waals surface area contributed by atoms with Crippen molar-refractivity contribution >= 4 is 34.0 Å². The van der Waals surface area contributed by atoms with E-state index in [4.69, 9.17) is 16.3 Å². The quantitative estimate of drug-likeness (QED) is 0.590. The number of alkyl halides is 2. The van der Waals surface area contributed by atoms with E-state index in [0.29, 0.717) is 27.2 Å². The zero-order valence-electron chi connectivity index (χ0n) is 13.7. The summed E-state index contributed by atoms with van der Waals surface area (Å²) in [6.45, 7) is -3.14. The summed E-state index contributed by atoms with van der Waals surface area (Å²) >= 11 is 6.95. The summed E-state index contributed by atoms with van der Waals surface area (Å²) < 4.78 is 34.9. The molecule has 0 saturated carbocycles. The number of carbonyl (C=O) groups excluding carboxylic acids is 1. The van der Waals surface area contributed by atoms with E-state index < -0.39 is 12.5 Å². The van der Waals surface area contributed by atoms with Crippen LogP contribution in [-0.4, -0.2) is 24.1 Å². The highest BCUT2D eigenvalue weighted by Crippen LogP contribution is 2.33. The number of halogens is 3. The molecule has 140 valence electrons. The minimum atomic E-state index is -2.94. The Hall–Kier alpha value is -2.71. The molecule has 3 aromatic rings. The molecule has 0 spiro atoms. The number of hydrogen-bond donors (Lipinski definition) is 1. The zero-order valence-corrected chi connectivity index (χ0v) is 15.3. The molecule has 0 unspecified atom stereocenters. The molecule has 1 aromatic heterocycles. The molecule has 0 aliphatic carbocycles. The number of para-hydroxylation sites is 1. The fourth-order valence-electron chi connectivity index (χ4n) is 2.17. The second-order valence-corrected chi connectivity index (χ2v) is 6.50. The monoisotopic (exact) mass is 410 g/mol. The van der Waals surface area contributed by atoms with Crippen LogP contribution in [0.1, 0.15) is 0 Å². The van der Waals surface area contributed by atoms with Crippen LogP contribution in [0.3, 0.4) is 0 Å². The van der Waals surface area contributed by atoms with Gasteiger partial charge in [0.25, 0.3) is 5.91 Å². The summed E-state index contributed by atoms with van der Waals surface area (Å²) in [6.07, 6.45) is 0. The zero-order chi connectivity index (χ0) is 19.2. The van der Waals surface area contributed by atoms with E-state index in [1.54, 1.807) is 47.8 Å². The van der Waals surface area contributed by atoms with Crippen LogP contribution < -0.4 is 14.8 Å². The third-order valence-corrected chi connectivity index (χ3v) is 4.32. The predicted molar refractivity (Wildman–Crippen MR) is 99.8 cm³/mol. The number of carbonyl (C=O) groups is 1. The van der Waals surface area contributed by atoms with Gasteiger partial charge in [0, 0.05) is 16.0 Å². The lowest BCUT2D eigenvalue weighted by molar-refractivity contribution is -0.118. The lowest BCUT2D eigenvalue weighted by atomic mass is 10.1. The SMILES string of the molecule is O=C(COc1ccc(Cl)cc1)Nc1nc(-c2ccccc2OC(F)F)cs1. The summed E-state index contributed by atoms with van der Waals surface area (Å²) in [5.74, 6) is 0.122. The molecule has 0 aliphatic rings. The summed E-state index contributed by atoms with van der Waals surface area (Å²) in [4.78, 5) is 16.2. The van der Waals surface area contributed by atoms with Crippen molar-refractivity contribution in [2.75, 3.05) is 11.9 Å². The van der Waals surface area contributed by atoms with Crippen LogP contribution in [0.4, 0.5) is 13.9 Å². The molecular weight excluding hydrogens is 398 g/mol. The first-order valence-corrected chi connectivity index (χ1v) is 8.95. The second-order valence-electron chi connectivity index (χ2n) is 5.20. The largest absolute Gasteiger partial charge is 0.484 e. The van der Waals surface area contributed by atoms with Gasteiger partial charge in [-0.05, 0) is 36.4 Å². The van der Waals surface area contributed by atoms with Crippen molar-refractivity contribution in [3.8, 4) is 22.8 Å². The van der Waals surface area contributed by atoms with Crippen molar-refractivity contribution in [3.63, 3.8) is 0 Å². The number of aromatic nitrogens is 1. The van der Waals surface area contributed by atoms with E-state index in [0.717, 1.165) is 11.3 Å². The average molecular weight is 411 g/mol. The maximum atomic E-state index is 12.5. The van der Waals surface area contributed by atoms with E-state index in [1.165, 1.54) is 6.07 Å². The van der Waals surface area contributed by atoms with Crippen LogP contribution in [0.5, 0.6) is 11.5 Å². The normalized spacial score (nSPS) is 10.7. The molecule has 5 nitrogen and oxygen atoms in total. The first-order valence-electron chi connectivity index (χ1n) is 7.69. The number of thiazole rings is 1. The maximum Gasteiger partial charge on any atom is 0.387 e. The molecular formula is C18H13ClF2N2O3S. The fraction of sp³-hybridized carbons (Fsp3) is 0.111. The Morgan fingerprint density at radius 1 is 1.19 bits per heavy atom. The molecule has 3 rings (SSSR count). The minimum Gasteiger partial charge on any atom is -0.484 e. The van der Waals surface area contributed by atoms with E-state index >= 15 is 0 Å². The van der Waals surface area contributed by atoms with Crippen LogP contribution >= 0.6 is 22.9 Å². The highest BCUT2D eigenvalue weighted by molar-refractivity contribution is 7.14. The number of anilines is 1. The lowest BCUT2D eigenvalue weighted by Crippen LogP contribution is -2.20. The molecule has 1 heterocycles. The number of nitrogens with zero attached hydrogens (tertiary/aromatic N) is 1. The molecule has 1 amide bonds. The Bertz CT molecular complexity index is 919. The maximum absolute atomic E-state index is 12.5. The van der Waals surface area contributed by atoms with Gasteiger partial charge >= 0.3 is 6.61 Å². The number of benzene rings is 2. The van der Waals surface area contributed by atoms with Crippen molar-refractivity contribution in [1.29, 1.82) is 0 Å². The highest BCUT2D eigenvalue weighted by Gasteiger charge is 2.14. The van der Waals surface area contributed by atoms with Crippen molar-refractivity contribution < 1.29 is 23.0 Å². The van der Waals surface area contributed by atoms with Crippen LogP contribution in [-0.2, 0) is 4.79 Å². The first kappa shape index (κ1) is 19.1. The van der Waals surface area contributed by atoms with E-state index in [9.17, 15) is 13.6 Å². The molecule has 0 atom stereocenters. The van der Waals surface area contributed by atoms with Gasteiger partial charge < -0.3 is 9.47 Å². The van der Waals surface area contributed by atoms with Gasteiger partial charge in [-0.15, -0.1) is 11.3 Å². The van der Waals surface area contributed by atoms with Crippen molar-refractivity contribution in [1.82, 2.24) is 4.98 Å². The third kappa shape index (κ3) is 5.38. The molecule has 2 aromatic carbocycles. The molecule has 0 fully saturated rings. The molecule has 1 N–H and O–H groups in total. The molecule has 0 bridgehead atoms. The van der Waals surface area contributed by atoms with Gasteiger partial charge in [-0.3, -0.25) is 10.1 Å². The van der Waals surface area contributed by atoms with Crippen LogP contribution in [0, 0.1) is 0 Å². The molecule has 27 heavy (non-hydrogen) atoms. The summed E-state index contributed by atoms with van der Waals surface area (Å²) in [5.41, 5.74) is 0.831. The number of hydrogen-bond acceptors (Lipinski definition) is 5. The molecule has 0 saturated heterocycles. The number of nitrogens with one attached hydrogen (secondary N) is 1. The number of ether oxygens (including phenoxy) is 2. The van der Waals surface area contributed by atoms with E-state index in [1.807, 2.05) is 0 Å². The van der Waals surface area contributed by atoms with Gasteiger partial charge in [-0.1, -0.05) is 23.7 Å². The van der Waals surface area contributed by atoms with Crippen LogP contribution in [0.15, 0.2) is 53.9 Å². The fourth-order valence-corrected chi connectivity index (χ4v) is 3.02. The summed E-state index contributed by atoms with van der Waals surface area (Å²) in [6, 6.07) is 12.9. The van der Waals surface area contributed by atoms with Crippen molar-refractivity contribution in [3.05, 3.63) is 58.9 Å². The first-order chi connectivity index (χ1) is 13.0. The summed E-state index contributed by atoms with van der Waals surface area (Å²) in [7, 11) is 0. The van der Waals surface area contributed by atoms with Gasteiger partial charge in [0.1, 0.15) is 11.5 Å². The van der Waals surface area contributed by atoms with E-state index in [-0.39, 0.29) is 12.4 Å². The second kappa shape index (κ2) is 8.79. The predicted octanol–water partition coefficient (Wildman–Crippen LogP) is 5.08. The lowest BCUT2D eigenvalue weighted by Gasteiger charge is -2.08. The van der Waals surface area contributed by atoms with Crippen LogP contribution in [0.2, 0.25) is 5.02 Å². The van der Waals surface area contributed by atoms with Crippen molar-refractivity contribution in [2.24, 2.45) is 0 Å².